The molecule has 1 fully saturated rings. The van der Waals surface area contributed by atoms with Crippen molar-refractivity contribution >= 4 is 11.9 Å². The van der Waals surface area contributed by atoms with Gasteiger partial charge in [-0.3, -0.25) is 9.78 Å². The van der Waals surface area contributed by atoms with E-state index >= 15 is 0 Å². The smallest absolute Gasteiger partial charge is 0.250 e. The molecule has 2 aromatic rings. The van der Waals surface area contributed by atoms with Crippen molar-refractivity contribution in [2.75, 3.05) is 18.0 Å². The molecule has 0 spiro atoms. The minimum atomic E-state index is -0.520. The molecule has 1 aliphatic heterocycles. The number of carbonyl (C=O) groups excluding carboxylic acids is 1. The number of nitrogens with zero attached hydrogens (tertiary/aromatic N) is 4. The number of amides is 1. The molecule has 1 saturated heterocycles. The maximum absolute atomic E-state index is 11.2. The molecule has 21 heavy (non-hydrogen) atoms. The number of pyridine rings is 1. The molecule has 1 aliphatic rings. The maximum Gasteiger partial charge on any atom is 0.250 e. The summed E-state index contributed by atoms with van der Waals surface area (Å²) in [7, 11) is 0. The van der Waals surface area contributed by atoms with Crippen molar-refractivity contribution in [1.29, 1.82) is 0 Å². The van der Waals surface area contributed by atoms with Gasteiger partial charge in [0, 0.05) is 49.0 Å². The topological polar surface area (TPSA) is 105 Å². The normalized spacial score (nSPS) is 18.0. The lowest BCUT2D eigenvalue weighted by Crippen LogP contribution is -2.23. The summed E-state index contributed by atoms with van der Waals surface area (Å²) in [5, 5.41) is 9.53. The molecule has 0 aromatic carbocycles. The molecule has 1 atom stereocenters. The number of aliphatic hydroxyl groups excluding tert-OH is 1. The Morgan fingerprint density at radius 3 is 2.62 bits per heavy atom. The number of aliphatic hydroxyl groups is 1. The summed E-state index contributed by atoms with van der Waals surface area (Å²) >= 11 is 0. The van der Waals surface area contributed by atoms with Crippen molar-refractivity contribution in [3.05, 3.63) is 36.4 Å². The first kappa shape index (κ1) is 13.4. The van der Waals surface area contributed by atoms with Gasteiger partial charge >= 0.3 is 0 Å². The molecule has 0 aliphatic carbocycles. The van der Waals surface area contributed by atoms with Crippen molar-refractivity contribution < 1.29 is 9.90 Å². The van der Waals surface area contributed by atoms with Crippen LogP contribution < -0.4 is 10.6 Å². The first-order valence-electron chi connectivity index (χ1n) is 6.64. The van der Waals surface area contributed by atoms with E-state index in [1.807, 2.05) is 4.90 Å². The van der Waals surface area contributed by atoms with E-state index in [1.165, 1.54) is 6.20 Å². The highest BCUT2D eigenvalue weighted by Gasteiger charge is 2.22. The second-order valence-electron chi connectivity index (χ2n) is 4.99. The second-order valence-corrected chi connectivity index (χ2v) is 4.99. The van der Waals surface area contributed by atoms with Crippen LogP contribution in [-0.4, -0.2) is 45.2 Å². The van der Waals surface area contributed by atoms with Gasteiger partial charge in [0.1, 0.15) is 0 Å². The molecule has 3 heterocycles. The van der Waals surface area contributed by atoms with Gasteiger partial charge in [-0.15, -0.1) is 0 Å². The number of hydrogen-bond acceptors (Lipinski definition) is 6. The highest BCUT2D eigenvalue weighted by atomic mass is 16.3. The molecule has 0 bridgehead atoms. The van der Waals surface area contributed by atoms with Crippen LogP contribution in [0.25, 0.3) is 11.1 Å². The molecule has 3 N–H and O–H groups in total. The van der Waals surface area contributed by atoms with E-state index in [1.54, 1.807) is 24.7 Å². The Bertz CT molecular complexity index is 659. The van der Waals surface area contributed by atoms with Crippen LogP contribution in [0.15, 0.2) is 30.9 Å². The monoisotopic (exact) mass is 285 g/mol. The van der Waals surface area contributed by atoms with Crippen molar-refractivity contribution in [3.8, 4) is 11.1 Å². The van der Waals surface area contributed by atoms with E-state index in [4.69, 9.17) is 5.73 Å². The molecule has 7 nitrogen and oxygen atoms in total. The fraction of sp³-hybridized carbons (Fsp3) is 0.286. The SMILES string of the molecule is NC(=O)c1cncc(-c2cnc(N3CCC(O)C3)nc2)c1. The summed E-state index contributed by atoms with van der Waals surface area (Å²) < 4.78 is 0. The van der Waals surface area contributed by atoms with E-state index in [0.29, 0.717) is 18.1 Å². The minimum Gasteiger partial charge on any atom is -0.391 e. The van der Waals surface area contributed by atoms with Crippen LogP contribution >= 0.6 is 0 Å². The summed E-state index contributed by atoms with van der Waals surface area (Å²) in [5.74, 6) is 0.0715. The van der Waals surface area contributed by atoms with Crippen LogP contribution in [0.2, 0.25) is 0 Å². The third kappa shape index (κ3) is 2.82. The van der Waals surface area contributed by atoms with Gasteiger partial charge in [0.05, 0.1) is 11.7 Å². The molecule has 1 unspecified atom stereocenters. The second kappa shape index (κ2) is 5.45. The molecule has 0 radical (unpaired) electrons. The number of hydrogen-bond donors (Lipinski definition) is 2. The Morgan fingerprint density at radius 2 is 2.00 bits per heavy atom. The number of carbonyl (C=O) groups is 1. The van der Waals surface area contributed by atoms with Gasteiger partial charge < -0.3 is 15.7 Å². The van der Waals surface area contributed by atoms with Gasteiger partial charge in [-0.1, -0.05) is 0 Å². The quantitative estimate of drug-likeness (QED) is 0.835. The van der Waals surface area contributed by atoms with Crippen LogP contribution in [0.3, 0.4) is 0 Å². The Kier molecular flexibility index (Phi) is 3.49. The third-order valence-corrected chi connectivity index (χ3v) is 3.44. The number of anilines is 1. The summed E-state index contributed by atoms with van der Waals surface area (Å²) in [5.41, 5.74) is 7.08. The predicted molar refractivity (Wildman–Crippen MR) is 76.6 cm³/mol. The van der Waals surface area contributed by atoms with Gasteiger partial charge in [-0.25, -0.2) is 9.97 Å². The van der Waals surface area contributed by atoms with Gasteiger partial charge in [0.25, 0.3) is 0 Å². The zero-order chi connectivity index (χ0) is 14.8. The first-order chi connectivity index (χ1) is 10.1. The number of primary amides is 1. The molecule has 108 valence electrons. The van der Waals surface area contributed by atoms with Crippen molar-refractivity contribution in [3.63, 3.8) is 0 Å². The summed E-state index contributed by atoms with van der Waals surface area (Å²) in [4.78, 5) is 25.7. The van der Waals surface area contributed by atoms with Crippen LogP contribution in [0.1, 0.15) is 16.8 Å². The molecule has 1 amide bonds. The van der Waals surface area contributed by atoms with Crippen molar-refractivity contribution in [2.24, 2.45) is 5.73 Å². The number of nitrogens with two attached hydrogens (primary N) is 1. The lowest BCUT2D eigenvalue weighted by atomic mass is 10.1. The summed E-state index contributed by atoms with van der Waals surface area (Å²) in [6.07, 6.45) is 6.82. The largest absolute Gasteiger partial charge is 0.391 e. The molecule has 2 aromatic heterocycles. The van der Waals surface area contributed by atoms with Gasteiger partial charge in [-0.2, -0.15) is 0 Å². The van der Waals surface area contributed by atoms with E-state index in [2.05, 4.69) is 15.0 Å². The van der Waals surface area contributed by atoms with E-state index in [9.17, 15) is 9.90 Å². The Balaban J connectivity index is 1.84. The van der Waals surface area contributed by atoms with Crippen molar-refractivity contribution in [2.45, 2.75) is 12.5 Å². The zero-order valence-corrected chi connectivity index (χ0v) is 11.3. The van der Waals surface area contributed by atoms with Gasteiger partial charge in [0.2, 0.25) is 11.9 Å². The van der Waals surface area contributed by atoms with Crippen LogP contribution in [0.4, 0.5) is 5.95 Å². The van der Waals surface area contributed by atoms with Crippen LogP contribution in [0, 0.1) is 0 Å². The zero-order valence-electron chi connectivity index (χ0n) is 11.3. The fourth-order valence-corrected chi connectivity index (χ4v) is 2.29. The lowest BCUT2D eigenvalue weighted by molar-refractivity contribution is 0.1000. The number of rotatable bonds is 3. The van der Waals surface area contributed by atoms with E-state index < -0.39 is 5.91 Å². The number of aromatic nitrogens is 3. The molecule has 3 rings (SSSR count). The fourth-order valence-electron chi connectivity index (χ4n) is 2.29. The van der Waals surface area contributed by atoms with Gasteiger partial charge in [0.15, 0.2) is 0 Å². The minimum absolute atomic E-state index is 0.315. The molecular formula is C14H15N5O2. The van der Waals surface area contributed by atoms with Crippen LogP contribution in [-0.2, 0) is 0 Å². The lowest BCUT2D eigenvalue weighted by Gasteiger charge is -2.15. The van der Waals surface area contributed by atoms with Crippen LogP contribution in [0.5, 0.6) is 0 Å². The molecular weight excluding hydrogens is 270 g/mol. The highest BCUT2D eigenvalue weighted by molar-refractivity contribution is 5.93. The predicted octanol–water partition coefficient (Wildman–Crippen LogP) is 0.208. The third-order valence-electron chi connectivity index (χ3n) is 3.44. The summed E-state index contributed by atoms with van der Waals surface area (Å²) in [6.45, 7) is 1.30. The van der Waals surface area contributed by atoms with E-state index in [-0.39, 0.29) is 6.10 Å². The summed E-state index contributed by atoms with van der Waals surface area (Å²) in [6, 6.07) is 1.66. The number of β-amino-alcohol motifs (C(OH)–C–C–N with tert-alkyl or cyclic N) is 1. The Morgan fingerprint density at radius 1 is 1.24 bits per heavy atom. The average Bonchev–Trinajstić information content (AvgIpc) is 2.94. The molecule has 0 saturated carbocycles. The standard InChI is InChI=1S/C14H15N5O2/c15-13(21)10-3-9(4-16-5-10)11-6-17-14(18-7-11)19-2-1-12(20)8-19/h3-7,12,20H,1-2,8H2,(H2,15,21). The maximum atomic E-state index is 11.2. The molecule has 7 heteroatoms. The first-order valence-corrected chi connectivity index (χ1v) is 6.64. The van der Waals surface area contributed by atoms with E-state index in [0.717, 1.165) is 24.1 Å². The Hall–Kier alpha value is -2.54. The average molecular weight is 285 g/mol. The van der Waals surface area contributed by atoms with Gasteiger partial charge in [-0.05, 0) is 12.5 Å². The highest BCUT2D eigenvalue weighted by Crippen LogP contribution is 2.21. The van der Waals surface area contributed by atoms with Crippen molar-refractivity contribution in [1.82, 2.24) is 15.0 Å². The Labute approximate surface area is 121 Å².